The van der Waals surface area contributed by atoms with E-state index in [2.05, 4.69) is 32.6 Å². The highest BCUT2D eigenvalue weighted by Crippen LogP contribution is 2.17. The van der Waals surface area contributed by atoms with Gasteiger partial charge in [-0.3, -0.25) is 4.72 Å². The van der Waals surface area contributed by atoms with Crippen LogP contribution < -0.4 is 10.0 Å². The molecular weight excluding hydrogens is 387 g/mol. The van der Waals surface area contributed by atoms with Crippen molar-refractivity contribution in [2.45, 2.75) is 11.4 Å². The summed E-state index contributed by atoms with van der Waals surface area (Å²) < 4.78 is 28.1. The molecule has 0 aliphatic rings. The number of benzene rings is 2. The van der Waals surface area contributed by atoms with Crippen molar-refractivity contribution >= 4 is 38.3 Å². The molecule has 0 spiro atoms. The van der Waals surface area contributed by atoms with Crippen LogP contribution in [0.4, 0.5) is 5.69 Å². The van der Waals surface area contributed by atoms with Crippen molar-refractivity contribution in [3.8, 4) is 0 Å². The summed E-state index contributed by atoms with van der Waals surface area (Å²) in [6, 6.07) is 14.0. The second-order valence-electron chi connectivity index (χ2n) is 4.29. The predicted molar refractivity (Wildman–Crippen MR) is 89.2 cm³/mol. The van der Waals surface area contributed by atoms with Crippen LogP contribution in [-0.2, 0) is 16.6 Å². The summed E-state index contributed by atoms with van der Waals surface area (Å²) in [5.74, 6) is 0. The lowest BCUT2D eigenvalue weighted by atomic mass is 10.2. The molecule has 0 fully saturated rings. The molecule has 0 amide bonds. The molecule has 2 rings (SSSR count). The number of nitrogens with one attached hydrogen (secondary N) is 2. The summed E-state index contributed by atoms with van der Waals surface area (Å²) in [5, 5.41) is 3.02. The highest BCUT2D eigenvalue weighted by Gasteiger charge is 2.13. The van der Waals surface area contributed by atoms with Gasteiger partial charge in [0.05, 0.1) is 4.90 Å². The Labute approximate surface area is 132 Å². The van der Waals surface area contributed by atoms with Gasteiger partial charge in [-0.15, -0.1) is 0 Å². The minimum Gasteiger partial charge on any atom is -0.316 e. The Kier molecular flexibility index (Phi) is 5.00. The third-order valence-electron chi connectivity index (χ3n) is 2.71. The van der Waals surface area contributed by atoms with Gasteiger partial charge in [0.15, 0.2) is 0 Å². The molecule has 4 nitrogen and oxygen atoms in total. The van der Waals surface area contributed by atoms with E-state index in [0.717, 1.165) is 9.13 Å². The Bertz CT molecular complexity index is 667. The van der Waals surface area contributed by atoms with Gasteiger partial charge < -0.3 is 5.32 Å². The first-order chi connectivity index (χ1) is 9.51. The standard InChI is InChI=1S/C14H15IN2O2S/c1-16-10-11-2-8-14(9-3-11)20(18,19)17-13-6-4-12(15)5-7-13/h2-9,16-17H,10H2,1H3. The number of halogens is 1. The molecule has 0 unspecified atom stereocenters. The molecule has 106 valence electrons. The van der Waals surface area contributed by atoms with Gasteiger partial charge in [-0.2, -0.15) is 0 Å². The lowest BCUT2D eigenvalue weighted by molar-refractivity contribution is 0.601. The molecule has 0 saturated carbocycles. The molecule has 0 bridgehead atoms. The van der Waals surface area contributed by atoms with Crippen molar-refractivity contribution in [3.63, 3.8) is 0 Å². The second kappa shape index (κ2) is 6.55. The van der Waals surface area contributed by atoms with E-state index in [1.807, 2.05) is 19.2 Å². The van der Waals surface area contributed by atoms with E-state index >= 15 is 0 Å². The largest absolute Gasteiger partial charge is 0.316 e. The zero-order valence-electron chi connectivity index (χ0n) is 10.9. The van der Waals surface area contributed by atoms with Gasteiger partial charge in [0.25, 0.3) is 10.0 Å². The lowest BCUT2D eigenvalue weighted by Crippen LogP contribution is -2.13. The van der Waals surface area contributed by atoms with Crippen LogP contribution in [0.25, 0.3) is 0 Å². The van der Waals surface area contributed by atoms with Gasteiger partial charge in [-0.05, 0) is 71.6 Å². The number of anilines is 1. The zero-order valence-corrected chi connectivity index (χ0v) is 13.9. The van der Waals surface area contributed by atoms with Crippen LogP contribution >= 0.6 is 22.6 Å². The normalized spacial score (nSPS) is 11.3. The Balaban J connectivity index is 2.19. The van der Waals surface area contributed by atoms with E-state index in [9.17, 15) is 8.42 Å². The molecule has 20 heavy (non-hydrogen) atoms. The Morgan fingerprint density at radius 2 is 1.60 bits per heavy atom. The number of sulfonamides is 1. The average Bonchev–Trinajstić information content (AvgIpc) is 2.42. The van der Waals surface area contributed by atoms with Crippen molar-refractivity contribution in [3.05, 3.63) is 57.7 Å². The lowest BCUT2D eigenvalue weighted by Gasteiger charge is -2.09. The van der Waals surface area contributed by atoms with Crippen molar-refractivity contribution in [1.82, 2.24) is 5.32 Å². The van der Waals surface area contributed by atoms with Gasteiger partial charge in [-0.25, -0.2) is 8.42 Å². The third kappa shape index (κ3) is 3.94. The molecule has 0 aromatic heterocycles. The second-order valence-corrected chi connectivity index (χ2v) is 7.21. The molecule has 6 heteroatoms. The summed E-state index contributed by atoms with van der Waals surface area (Å²) >= 11 is 2.17. The summed E-state index contributed by atoms with van der Waals surface area (Å²) in [5.41, 5.74) is 1.60. The summed E-state index contributed by atoms with van der Waals surface area (Å²) in [6.45, 7) is 0.713. The fourth-order valence-electron chi connectivity index (χ4n) is 1.72. The summed E-state index contributed by atoms with van der Waals surface area (Å²) in [7, 11) is -1.68. The van der Waals surface area contributed by atoms with Crippen LogP contribution in [-0.4, -0.2) is 15.5 Å². The van der Waals surface area contributed by atoms with Crippen LogP contribution in [0.5, 0.6) is 0 Å². The smallest absolute Gasteiger partial charge is 0.261 e. The molecule has 0 atom stereocenters. The van der Waals surface area contributed by atoms with Crippen LogP contribution in [0.15, 0.2) is 53.4 Å². The number of hydrogen-bond acceptors (Lipinski definition) is 3. The Hall–Kier alpha value is -1.12. The number of hydrogen-bond donors (Lipinski definition) is 2. The maximum Gasteiger partial charge on any atom is 0.261 e. The highest BCUT2D eigenvalue weighted by molar-refractivity contribution is 14.1. The van der Waals surface area contributed by atoms with Gasteiger partial charge in [0.1, 0.15) is 0 Å². The van der Waals surface area contributed by atoms with Crippen LogP contribution in [0, 0.1) is 3.57 Å². The Morgan fingerprint density at radius 3 is 2.15 bits per heavy atom. The average molecular weight is 402 g/mol. The quantitative estimate of drug-likeness (QED) is 0.757. The minimum absolute atomic E-state index is 0.260. The fourth-order valence-corrected chi connectivity index (χ4v) is 3.14. The predicted octanol–water partition coefficient (Wildman–Crippen LogP) is 2.81. The fraction of sp³-hybridized carbons (Fsp3) is 0.143. The first-order valence-corrected chi connectivity index (χ1v) is 8.59. The molecule has 0 radical (unpaired) electrons. The summed E-state index contributed by atoms with van der Waals surface area (Å²) in [6.07, 6.45) is 0. The van der Waals surface area contributed by atoms with Crippen LogP contribution in [0.1, 0.15) is 5.56 Å². The van der Waals surface area contributed by atoms with Crippen molar-refractivity contribution in [1.29, 1.82) is 0 Å². The van der Waals surface area contributed by atoms with E-state index in [0.29, 0.717) is 12.2 Å². The topological polar surface area (TPSA) is 58.2 Å². The maximum atomic E-state index is 12.2. The van der Waals surface area contributed by atoms with E-state index in [1.54, 1.807) is 36.4 Å². The van der Waals surface area contributed by atoms with Crippen molar-refractivity contribution in [2.75, 3.05) is 11.8 Å². The molecule has 0 saturated heterocycles. The van der Waals surface area contributed by atoms with Gasteiger partial charge >= 0.3 is 0 Å². The monoisotopic (exact) mass is 402 g/mol. The molecule has 2 aromatic rings. The van der Waals surface area contributed by atoms with E-state index in [1.165, 1.54) is 0 Å². The molecule has 0 heterocycles. The van der Waals surface area contributed by atoms with Crippen molar-refractivity contribution < 1.29 is 8.42 Å². The van der Waals surface area contributed by atoms with E-state index < -0.39 is 10.0 Å². The molecule has 2 aromatic carbocycles. The van der Waals surface area contributed by atoms with E-state index in [-0.39, 0.29) is 4.90 Å². The zero-order chi connectivity index (χ0) is 14.6. The first-order valence-electron chi connectivity index (χ1n) is 6.03. The van der Waals surface area contributed by atoms with E-state index in [4.69, 9.17) is 0 Å². The Morgan fingerprint density at radius 1 is 1.00 bits per heavy atom. The molecule has 0 aliphatic carbocycles. The number of rotatable bonds is 5. The van der Waals surface area contributed by atoms with Crippen LogP contribution in [0.3, 0.4) is 0 Å². The van der Waals surface area contributed by atoms with Gasteiger partial charge in [-0.1, -0.05) is 12.1 Å². The maximum absolute atomic E-state index is 12.2. The highest BCUT2D eigenvalue weighted by atomic mass is 127. The molecule has 2 N–H and O–H groups in total. The van der Waals surface area contributed by atoms with Crippen molar-refractivity contribution in [2.24, 2.45) is 0 Å². The first kappa shape index (κ1) is 15.3. The minimum atomic E-state index is -3.53. The van der Waals surface area contributed by atoms with Crippen LogP contribution in [0.2, 0.25) is 0 Å². The summed E-state index contributed by atoms with van der Waals surface area (Å²) in [4.78, 5) is 0.260. The molecule has 0 aliphatic heterocycles. The molecular formula is C14H15IN2O2S. The van der Waals surface area contributed by atoms with Gasteiger partial charge in [0, 0.05) is 15.8 Å². The SMILES string of the molecule is CNCc1ccc(S(=O)(=O)Nc2ccc(I)cc2)cc1. The van der Waals surface area contributed by atoms with Gasteiger partial charge in [0.2, 0.25) is 0 Å². The third-order valence-corrected chi connectivity index (χ3v) is 4.83.